The normalized spacial score (nSPS) is 18.9. The predicted octanol–water partition coefficient (Wildman–Crippen LogP) is 3.97. The summed E-state index contributed by atoms with van der Waals surface area (Å²) in [6.07, 6.45) is 5.16. The third-order valence-corrected chi connectivity index (χ3v) is 5.19. The van der Waals surface area contributed by atoms with E-state index in [9.17, 15) is 0 Å². The highest BCUT2D eigenvalue weighted by molar-refractivity contribution is 7.15. The van der Waals surface area contributed by atoms with Crippen molar-refractivity contribution in [1.82, 2.24) is 4.98 Å². The quantitative estimate of drug-likeness (QED) is 0.827. The van der Waals surface area contributed by atoms with E-state index in [1.165, 1.54) is 30.6 Å². The van der Waals surface area contributed by atoms with Gasteiger partial charge in [-0.2, -0.15) is 0 Å². The van der Waals surface area contributed by atoms with Gasteiger partial charge < -0.3 is 5.32 Å². The third-order valence-electron chi connectivity index (χ3n) is 3.59. The van der Waals surface area contributed by atoms with Gasteiger partial charge >= 0.3 is 0 Å². The Kier molecular flexibility index (Phi) is 3.75. The van der Waals surface area contributed by atoms with E-state index in [0.717, 1.165) is 23.3 Å². The summed E-state index contributed by atoms with van der Waals surface area (Å²) < 4.78 is 0. The summed E-state index contributed by atoms with van der Waals surface area (Å²) in [5.41, 5.74) is 1.45. The summed E-state index contributed by atoms with van der Waals surface area (Å²) in [6, 6.07) is 0. The second-order valence-electron chi connectivity index (χ2n) is 4.85. The van der Waals surface area contributed by atoms with E-state index >= 15 is 0 Å². The van der Waals surface area contributed by atoms with Crippen molar-refractivity contribution in [1.29, 1.82) is 0 Å². The van der Waals surface area contributed by atoms with Gasteiger partial charge in [-0.25, -0.2) is 4.98 Å². The van der Waals surface area contributed by atoms with Crippen molar-refractivity contribution in [2.75, 3.05) is 17.7 Å². The van der Waals surface area contributed by atoms with Gasteiger partial charge in [0.05, 0.1) is 5.69 Å². The topological polar surface area (TPSA) is 24.9 Å². The molecular weight excluding hydrogens is 240 g/mol. The van der Waals surface area contributed by atoms with Crippen LogP contribution < -0.4 is 5.32 Å². The third kappa shape index (κ3) is 2.51. The van der Waals surface area contributed by atoms with Gasteiger partial charge in [-0.05, 0) is 26.7 Å². The van der Waals surface area contributed by atoms with Crippen molar-refractivity contribution in [3.8, 4) is 0 Å². The van der Waals surface area contributed by atoms with Crippen LogP contribution in [0.3, 0.4) is 0 Å². The Hall–Kier alpha value is -0.280. The lowest BCUT2D eigenvalue weighted by atomic mass is 9.89. The van der Waals surface area contributed by atoms with Crippen LogP contribution in [0.4, 0.5) is 5.13 Å². The fourth-order valence-electron chi connectivity index (χ4n) is 2.29. The molecule has 1 aromatic heterocycles. The first-order chi connectivity index (χ1) is 7.65. The minimum absolute atomic E-state index is 0.315. The Morgan fingerprint density at radius 1 is 1.38 bits per heavy atom. The number of hydrogen-bond donors (Lipinski definition) is 1. The molecule has 1 N–H and O–H groups in total. The van der Waals surface area contributed by atoms with E-state index in [-0.39, 0.29) is 0 Å². The average Bonchev–Trinajstić information content (AvgIpc) is 2.85. The van der Waals surface area contributed by atoms with Gasteiger partial charge in [0.15, 0.2) is 5.13 Å². The highest BCUT2D eigenvalue weighted by atomic mass is 35.5. The molecule has 4 heteroatoms. The second kappa shape index (κ2) is 4.92. The number of nitrogens with one attached hydrogen (secondary N) is 1. The predicted molar refractivity (Wildman–Crippen MR) is 71.7 cm³/mol. The highest BCUT2D eigenvalue weighted by Crippen LogP contribution is 2.39. The maximum Gasteiger partial charge on any atom is 0.183 e. The Morgan fingerprint density at radius 3 is 2.56 bits per heavy atom. The molecule has 0 radical (unpaired) electrons. The van der Waals surface area contributed by atoms with Crippen LogP contribution in [0, 0.1) is 19.3 Å². The zero-order chi connectivity index (χ0) is 11.6. The molecule has 0 saturated heterocycles. The summed E-state index contributed by atoms with van der Waals surface area (Å²) in [5, 5.41) is 4.51. The van der Waals surface area contributed by atoms with Gasteiger partial charge in [0.25, 0.3) is 0 Å². The molecule has 2 rings (SSSR count). The molecule has 0 spiro atoms. The molecular formula is C12H19ClN2S. The van der Waals surface area contributed by atoms with E-state index in [1.54, 1.807) is 11.3 Å². The number of thiazole rings is 1. The van der Waals surface area contributed by atoms with Gasteiger partial charge in [-0.1, -0.05) is 12.8 Å². The Balaban J connectivity index is 1.95. The van der Waals surface area contributed by atoms with E-state index in [0.29, 0.717) is 5.41 Å². The van der Waals surface area contributed by atoms with Crippen molar-refractivity contribution >= 4 is 28.1 Å². The minimum atomic E-state index is 0.315. The number of rotatable bonds is 4. The van der Waals surface area contributed by atoms with Crippen LogP contribution in [0.5, 0.6) is 0 Å². The number of halogens is 1. The summed E-state index contributed by atoms with van der Waals surface area (Å²) in [4.78, 5) is 5.80. The van der Waals surface area contributed by atoms with Crippen molar-refractivity contribution in [2.45, 2.75) is 39.5 Å². The number of alkyl halides is 1. The standard InChI is InChI=1S/C12H19ClN2S/c1-9-10(2)16-11(15-9)14-8-12(7-13)5-3-4-6-12/h3-8H2,1-2H3,(H,14,15). The van der Waals surface area contributed by atoms with Crippen molar-refractivity contribution < 1.29 is 0 Å². The largest absolute Gasteiger partial charge is 0.361 e. The van der Waals surface area contributed by atoms with Gasteiger partial charge in [0.2, 0.25) is 0 Å². The fourth-order valence-corrected chi connectivity index (χ4v) is 3.47. The van der Waals surface area contributed by atoms with Crippen LogP contribution in [0.2, 0.25) is 0 Å². The Labute approximate surface area is 106 Å². The highest BCUT2D eigenvalue weighted by Gasteiger charge is 2.32. The van der Waals surface area contributed by atoms with E-state index in [2.05, 4.69) is 24.1 Å². The van der Waals surface area contributed by atoms with Crippen LogP contribution in [0.15, 0.2) is 0 Å². The molecule has 0 bridgehead atoms. The molecule has 1 fully saturated rings. The Bertz CT molecular complexity index is 336. The van der Waals surface area contributed by atoms with Crippen molar-refractivity contribution in [3.63, 3.8) is 0 Å². The molecule has 1 heterocycles. The molecule has 1 saturated carbocycles. The molecule has 0 atom stereocenters. The van der Waals surface area contributed by atoms with Crippen LogP contribution in [-0.4, -0.2) is 17.4 Å². The molecule has 1 aromatic rings. The fraction of sp³-hybridized carbons (Fsp3) is 0.750. The summed E-state index contributed by atoms with van der Waals surface area (Å²) in [5.74, 6) is 0.767. The van der Waals surface area contributed by atoms with Crippen molar-refractivity contribution in [2.24, 2.45) is 5.41 Å². The van der Waals surface area contributed by atoms with Gasteiger partial charge in [0, 0.05) is 22.7 Å². The van der Waals surface area contributed by atoms with Gasteiger partial charge in [0.1, 0.15) is 0 Å². The smallest absolute Gasteiger partial charge is 0.183 e. The molecule has 0 unspecified atom stereocenters. The SMILES string of the molecule is Cc1nc(NCC2(CCl)CCCC2)sc1C. The van der Waals surface area contributed by atoms with Gasteiger partial charge in [-0.3, -0.25) is 0 Å². The lowest BCUT2D eigenvalue weighted by Gasteiger charge is -2.26. The zero-order valence-electron chi connectivity index (χ0n) is 9.98. The van der Waals surface area contributed by atoms with E-state index in [4.69, 9.17) is 11.6 Å². The maximum absolute atomic E-state index is 6.11. The number of aromatic nitrogens is 1. The average molecular weight is 259 g/mol. The van der Waals surface area contributed by atoms with Crippen LogP contribution in [-0.2, 0) is 0 Å². The zero-order valence-corrected chi connectivity index (χ0v) is 11.5. The molecule has 1 aliphatic rings. The molecule has 0 aliphatic heterocycles. The molecule has 0 aromatic carbocycles. The summed E-state index contributed by atoms with van der Waals surface area (Å²) in [7, 11) is 0. The lowest BCUT2D eigenvalue weighted by molar-refractivity contribution is 0.368. The van der Waals surface area contributed by atoms with E-state index in [1.807, 2.05) is 0 Å². The van der Waals surface area contributed by atoms with Crippen LogP contribution >= 0.6 is 22.9 Å². The Morgan fingerprint density at radius 2 is 2.06 bits per heavy atom. The van der Waals surface area contributed by atoms with Gasteiger partial charge in [-0.15, -0.1) is 22.9 Å². The first-order valence-corrected chi connectivity index (χ1v) is 7.24. The number of anilines is 1. The summed E-state index contributed by atoms with van der Waals surface area (Å²) >= 11 is 7.85. The number of nitrogens with zero attached hydrogens (tertiary/aromatic N) is 1. The maximum atomic E-state index is 6.11. The monoisotopic (exact) mass is 258 g/mol. The molecule has 16 heavy (non-hydrogen) atoms. The summed E-state index contributed by atoms with van der Waals surface area (Å²) in [6.45, 7) is 5.15. The second-order valence-corrected chi connectivity index (χ2v) is 6.33. The first kappa shape index (κ1) is 12.2. The minimum Gasteiger partial charge on any atom is -0.361 e. The molecule has 2 nitrogen and oxygen atoms in total. The molecule has 90 valence electrons. The van der Waals surface area contributed by atoms with Crippen molar-refractivity contribution in [3.05, 3.63) is 10.6 Å². The number of aryl methyl sites for hydroxylation is 2. The van der Waals surface area contributed by atoms with Crippen LogP contribution in [0.1, 0.15) is 36.3 Å². The molecule has 0 amide bonds. The first-order valence-electron chi connectivity index (χ1n) is 5.89. The number of hydrogen-bond acceptors (Lipinski definition) is 3. The van der Waals surface area contributed by atoms with E-state index < -0.39 is 0 Å². The molecule has 1 aliphatic carbocycles. The lowest BCUT2D eigenvalue weighted by Crippen LogP contribution is -2.28. The van der Waals surface area contributed by atoms with Crippen LogP contribution in [0.25, 0.3) is 0 Å².